The SMILES string of the molecule is CC1CCCN(c2ccc(NCc3cccc(N)c3)cc2)C1. The van der Waals surface area contributed by atoms with Gasteiger partial charge in [0.2, 0.25) is 0 Å². The average molecular weight is 295 g/mol. The van der Waals surface area contributed by atoms with E-state index in [-0.39, 0.29) is 0 Å². The first kappa shape index (κ1) is 14.8. The second-order valence-corrected chi connectivity index (χ2v) is 6.34. The van der Waals surface area contributed by atoms with Gasteiger partial charge in [0.05, 0.1) is 0 Å². The van der Waals surface area contributed by atoms with E-state index in [9.17, 15) is 0 Å². The molecule has 3 rings (SSSR count). The maximum Gasteiger partial charge on any atom is 0.0401 e. The highest BCUT2D eigenvalue weighted by Crippen LogP contribution is 2.24. The number of nitrogens with zero attached hydrogens (tertiary/aromatic N) is 1. The Morgan fingerprint density at radius 1 is 1.18 bits per heavy atom. The van der Waals surface area contributed by atoms with E-state index in [0.29, 0.717) is 0 Å². The van der Waals surface area contributed by atoms with Crippen molar-refractivity contribution in [3.05, 3.63) is 54.1 Å². The third-order valence-electron chi connectivity index (χ3n) is 4.34. The summed E-state index contributed by atoms with van der Waals surface area (Å²) in [5.74, 6) is 0.801. The molecule has 2 aromatic carbocycles. The zero-order valence-corrected chi connectivity index (χ0v) is 13.3. The van der Waals surface area contributed by atoms with Gasteiger partial charge in [0.15, 0.2) is 0 Å². The van der Waals surface area contributed by atoms with Gasteiger partial charge in [0.1, 0.15) is 0 Å². The molecular formula is C19H25N3. The van der Waals surface area contributed by atoms with Crippen LogP contribution < -0.4 is 16.0 Å². The van der Waals surface area contributed by atoms with Gasteiger partial charge in [-0.05, 0) is 60.7 Å². The number of benzene rings is 2. The molecule has 0 spiro atoms. The lowest BCUT2D eigenvalue weighted by Gasteiger charge is -2.32. The number of anilines is 3. The first-order valence-electron chi connectivity index (χ1n) is 8.14. The molecular weight excluding hydrogens is 270 g/mol. The molecule has 0 saturated carbocycles. The van der Waals surface area contributed by atoms with Crippen LogP contribution in [0.3, 0.4) is 0 Å². The number of hydrogen-bond acceptors (Lipinski definition) is 3. The van der Waals surface area contributed by atoms with E-state index < -0.39 is 0 Å². The fourth-order valence-electron chi connectivity index (χ4n) is 3.12. The predicted molar refractivity (Wildman–Crippen MR) is 95.2 cm³/mol. The molecule has 0 bridgehead atoms. The van der Waals surface area contributed by atoms with Crippen LogP contribution in [0, 0.1) is 5.92 Å². The molecule has 0 radical (unpaired) electrons. The maximum atomic E-state index is 5.81. The zero-order valence-electron chi connectivity index (χ0n) is 13.3. The van der Waals surface area contributed by atoms with Crippen LogP contribution in [0.2, 0.25) is 0 Å². The van der Waals surface area contributed by atoms with E-state index in [1.54, 1.807) is 0 Å². The maximum absolute atomic E-state index is 5.81. The number of hydrogen-bond donors (Lipinski definition) is 2. The molecule has 1 unspecified atom stereocenters. The van der Waals surface area contributed by atoms with Crippen LogP contribution >= 0.6 is 0 Å². The highest BCUT2D eigenvalue weighted by atomic mass is 15.1. The summed E-state index contributed by atoms with van der Waals surface area (Å²) in [5.41, 5.74) is 10.3. The van der Waals surface area contributed by atoms with Gasteiger partial charge in [-0.3, -0.25) is 0 Å². The number of nitrogens with one attached hydrogen (secondary N) is 1. The average Bonchev–Trinajstić information content (AvgIpc) is 2.54. The molecule has 1 heterocycles. The Bertz CT molecular complexity index is 606. The summed E-state index contributed by atoms with van der Waals surface area (Å²) in [7, 11) is 0. The van der Waals surface area contributed by atoms with E-state index in [2.05, 4.69) is 47.5 Å². The molecule has 1 atom stereocenters. The van der Waals surface area contributed by atoms with Crippen LogP contribution in [0.4, 0.5) is 17.1 Å². The summed E-state index contributed by atoms with van der Waals surface area (Å²) >= 11 is 0. The fraction of sp³-hybridized carbons (Fsp3) is 0.368. The minimum atomic E-state index is 0.797. The summed E-state index contributed by atoms with van der Waals surface area (Å²) in [4.78, 5) is 2.50. The Morgan fingerprint density at radius 3 is 2.73 bits per heavy atom. The first-order valence-corrected chi connectivity index (χ1v) is 8.14. The van der Waals surface area contributed by atoms with Crippen molar-refractivity contribution in [3.8, 4) is 0 Å². The summed E-state index contributed by atoms with van der Waals surface area (Å²) in [6.07, 6.45) is 2.66. The van der Waals surface area contributed by atoms with E-state index in [1.165, 1.54) is 37.2 Å². The van der Waals surface area contributed by atoms with Gasteiger partial charge in [-0.15, -0.1) is 0 Å². The van der Waals surface area contributed by atoms with Gasteiger partial charge >= 0.3 is 0 Å². The highest BCUT2D eigenvalue weighted by Gasteiger charge is 2.16. The Kier molecular flexibility index (Phi) is 4.52. The molecule has 0 amide bonds. The Balaban J connectivity index is 1.59. The molecule has 0 aliphatic carbocycles. The Hall–Kier alpha value is -2.16. The van der Waals surface area contributed by atoms with Gasteiger partial charge in [-0.25, -0.2) is 0 Å². The van der Waals surface area contributed by atoms with Crippen LogP contribution in [-0.2, 0) is 6.54 Å². The molecule has 1 aliphatic heterocycles. The van der Waals surface area contributed by atoms with Crippen molar-refractivity contribution in [1.82, 2.24) is 0 Å². The Morgan fingerprint density at radius 2 is 2.00 bits per heavy atom. The molecule has 116 valence electrons. The lowest BCUT2D eigenvalue weighted by atomic mass is 10.00. The number of nitrogen functional groups attached to an aromatic ring is 1. The monoisotopic (exact) mass is 295 g/mol. The zero-order chi connectivity index (χ0) is 15.4. The lowest BCUT2D eigenvalue weighted by molar-refractivity contribution is 0.447. The van der Waals surface area contributed by atoms with Crippen molar-refractivity contribution < 1.29 is 0 Å². The number of piperidine rings is 1. The minimum absolute atomic E-state index is 0.797. The van der Waals surface area contributed by atoms with Crippen molar-refractivity contribution in [1.29, 1.82) is 0 Å². The van der Waals surface area contributed by atoms with E-state index in [1.807, 2.05) is 18.2 Å². The van der Waals surface area contributed by atoms with Crippen LogP contribution in [-0.4, -0.2) is 13.1 Å². The van der Waals surface area contributed by atoms with Crippen molar-refractivity contribution in [2.75, 3.05) is 29.0 Å². The van der Waals surface area contributed by atoms with Crippen molar-refractivity contribution in [2.45, 2.75) is 26.3 Å². The summed E-state index contributed by atoms with van der Waals surface area (Å²) in [5, 5.41) is 3.45. The Labute approximate surface area is 133 Å². The van der Waals surface area contributed by atoms with Crippen LogP contribution in [0.25, 0.3) is 0 Å². The second-order valence-electron chi connectivity index (χ2n) is 6.34. The van der Waals surface area contributed by atoms with E-state index in [4.69, 9.17) is 5.73 Å². The van der Waals surface area contributed by atoms with Crippen molar-refractivity contribution in [2.24, 2.45) is 5.92 Å². The van der Waals surface area contributed by atoms with Crippen LogP contribution in [0.5, 0.6) is 0 Å². The highest BCUT2D eigenvalue weighted by molar-refractivity contribution is 5.55. The molecule has 1 aliphatic rings. The smallest absolute Gasteiger partial charge is 0.0401 e. The van der Waals surface area contributed by atoms with Gasteiger partial charge in [-0.2, -0.15) is 0 Å². The summed E-state index contributed by atoms with van der Waals surface area (Å²) < 4.78 is 0. The van der Waals surface area contributed by atoms with E-state index >= 15 is 0 Å². The predicted octanol–water partition coefficient (Wildman–Crippen LogP) is 4.12. The van der Waals surface area contributed by atoms with E-state index in [0.717, 1.165) is 23.8 Å². The van der Waals surface area contributed by atoms with Crippen molar-refractivity contribution in [3.63, 3.8) is 0 Å². The molecule has 2 aromatic rings. The minimum Gasteiger partial charge on any atom is -0.399 e. The molecule has 0 aromatic heterocycles. The number of nitrogens with two attached hydrogens (primary N) is 1. The van der Waals surface area contributed by atoms with Gasteiger partial charge in [-0.1, -0.05) is 19.1 Å². The molecule has 3 nitrogen and oxygen atoms in total. The molecule has 1 fully saturated rings. The van der Waals surface area contributed by atoms with Crippen LogP contribution in [0.1, 0.15) is 25.3 Å². The number of rotatable bonds is 4. The van der Waals surface area contributed by atoms with Crippen LogP contribution in [0.15, 0.2) is 48.5 Å². The largest absolute Gasteiger partial charge is 0.399 e. The van der Waals surface area contributed by atoms with Gasteiger partial charge in [0.25, 0.3) is 0 Å². The molecule has 22 heavy (non-hydrogen) atoms. The topological polar surface area (TPSA) is 41.3 Å². The standard InChI is InChI=1S/C19H25N3/c1-15-4-3-11-22(14-15)19-9-7-18(8-10-19)21-13-16-5-2-6-17(20)12-16/h2,5-10,12,15,21H,3-4,11,13-14,20H2,1H3. The molecule has 3 N–H and O–H groups in total. The normalized spacial score (nSPS) is 18.2. The van der Waals surface area contributed by atoms with Gasteiger partial charge in [0, 0.05) is 36.7 Å². The van der Waals surface area contributed by atoms with Gasteiger partial charge < -0.3 is 16.0 Å². The van der Waals surface area contributed by atoms with Crippen molar-refractivity contribution >= 4 is 17.1 Å². The first-order chi connectivity index (χ1) is 10.7. The molecule has 3 heteroatoms. The summed E-state index contributed by atoms with van der Waals surface area (Å²) in [6.45, 7) is 5.50. The fourth-order valence-corrected chi connectivity index (χ4v) is 3.12. The second kappa shape index (κ2) is 6.73. The lowest BCUT2D eigenvalue weighted by Crippen LogP contribution is -2.34. The quantitative estimate of drug-likeness (QED) is 0.834. The molecule has 1 saturated heterocycles. The third-order valence-corrected chi connectivity index (χ3v) is 4.34. The summed E-state index contributed by atoms with van der Waals surface area (Å²) in [6, 6.07) is 16.8. The third kappa shape index (κ3) is 3.73.